The van der Waals surface area contributed by atoms with Crippen LogP contribution in [-0.4, -0.2) is 11.3 Å². The fraction of sp³-hybridized carbons (Fsp3) is 0.562. The first kappa shape index (κ1) is 13.1. The van der Waals surface area contributed by atoms with Gasteiger partial charge in [-0.1, -0.05) is 45.2 Å². The van der Waals surface area contributed by atoms with Crippen LogP contribution in [0.3, 0.4) is 0 Å². The zero-order valence-electron chi connectivity index (χ0n) is 11.4. The molecule has 2 heteroatoms. The van der Waals surface area contributed by atoms with E-state index in [0.717, 1.165) is 5.56 Å². The first-order chi connectivity index (χ1) is 8.68. The first-order valence-electron chi connectivity index (χ1n) is 7.04. The molecule has 1 aliphatic carbocycles. The molecule has 0 aromatic heterocycles. The van der Waals surface area contributed by atoms with E-state index in [0.29, 0.717) is 23.3 Å². The van der Waals surface area contributed by atoms with Crippen LogP contribution in [0.1, 0.15) is 57.4 Å². The van der Waals surface area contributed by atoms with Crippen molar-refractivity contribution in [2.75, 3.05) is 0 Å². The van der Waals surface area contributed by atoms with Crippen molar-refractivity contribution in [1.82, 2.24) is 0 Å². The lowest BCUT2D eigenvalue weighted by molar-refractivity contribution is 0.444. The van der Waals surface area contributed by atoms with Crippen LogP contribution >= 0.6 is 0 Å². The maximum atomic E-state index is 10.2. The normalized spacial score (nSPS) is 17.7. The highest BCUT2D eigenvalue weighted by molar-refractivity contribution is 5.69. The Hall–Kier alpha value is -1.31. The van der Waals surface area contributed by atoms with Gasteiger partial charge in [-0.2, -0.15) is 0 Å². The summed E-state index contributed by atoms with van der Waals surface area (Å²) in [5.74, 6) is 1.27. The van der Waals surface area contributed by atoms with E-state index in [1.165, 1.54) is 32.1 Å². The minimum Gasteiger partial charge on any atom is -0.505 e. The molecule has 0 heterocycles. The number of hydrogen-bond donors (Lipinski definition) is 1. The van der Waals surface area contributed by atoms with Crippen LogP contribution in [0.5, 0.6) is 5.75 Å². The Labute approximate surface area is 110 Å². The Morgan fingerprint density at radius 3 is 2.61 bits per heavy atom. The summed E-state index contributed by atoms with van der Waals surface area (Å²) in [4.78, 5) is 4.50. The average Bonchev–Trinajstić information content (AvgIpc) is 2.38. The molecule has 98 valence electrons. The molecule has 1 aromatic rings. The number of rotatable bonds is 3. The predicted octanol–water partition coefficient (Wildman–Crippen LogP) is 4.80. The molecule has 1 fully saturated rings. The lowest BCUT2D eigenvalue weighted by atomic mass is 9.90. The smallest absolute Gasteiger partial charge is 0.144 e. The molecule has 0 aliphatic heterocycles. The maximum Gasteiger partial charge on any atom is 0.144 e. The third kappa shape index (κ3) is 3.12. The number of benzene rings is 1. The molecule has 18 heavy (non-hydrogen) atoms. The van der Waals surface area contributed by atoms with Gasteiger partial charge in [-0.05, 0) is 36.3 Å². The van der Waals surface area contributed by atoms with Crippen molar-refractivity contribution < 1.29 is 5.11 Å². The van der Waals surface area contributed by atoms with Crippen LogP contribution < -0.4 is 0 Å². The molecule has 1 aromatic carbocycles. The molecular weight excluding hydrogens is 222 g/mol. The van der Waals surface area contributed by atoms with E-state index >= 15 is 0 Å². The molecule has 0 saturated heterocycles. The Kier molecular flexibility index (Phi) is 4.40. The molecular formula is C16H23NO. The summed E-state index contributed by atoms with van der Waals surface area (Å²) in [6.07, 6.45) is 8.52. The quantitative estimate of drug-likeness (QED) is 0.762. The Balaban J connectivity index is 2.13. The lowest BCUT2D eigenvalue weighted by Crippen LogP contribution is -2.06. The van der Waals surface area contributed by atoms with Crippen molar-refractivity contribution in [2.45, 2.75) is 51.9 Å². The van der Waals surface area contributed by atoms with Crippen LogP contribution in [0.2, 0.25) is 0 Å². The van der Waals surface area contributed by atoms with E-state index in [1.54, 1.807) is 0 Å². The van der Waals surface area contributed by atoms with Crippen molar-refractivity contribution in [1.29, 1.82) is 0 Å². The zero-order valence-corrected chi connectivity index (χ0v) is 11.4. The Bertz CT molecular complexity index is 417. The molecule has 0 atom stereocenters. The van der Waals surface area contributed by atoms with E-state index in [2.05, 4.69) is 18.8 Å². The summed E-state index contributed by atoms with van der Waals surface area (Å²) in [5.41, 5.74) is 1.69. The summed E-state index contributed by atoms with van der Waals surface area (Å²) in [6, 6.07) is 5.84. The molecule has 0 radical (unpaired) electrons. The van der Waals surface area contributed by atoms with E-state index in [1.807, 2.05) is 24.4 Å². The second-order valence-electron chi connectivity index (χ2n) is 5.55. The van der Waals surface area contributed by atoms with Gasteiger partial charge in [0, 0.05) is 6.21 Å². The van der Waals surface area contributed by atoms with E-state index < -0.39 is 0 Å². The van der Waals surface area contributed by atoms with E-state index in [4.69, 9.17) is 0 Å². The van der Waals surface area contributed by atoms with Crippen LogP contribution in [0.25, 0.3) is 0 Å². The second kappa shape index (κ2) is 6.03. The topological polar surface area (TPSA) is 32.6 Å². The monoisotopic (exact) mass is 245 g/mol. The summed E-state index contributed by atoms with van der Waals surface area (Å²) >= 11 is 0. The second-order valence-corrected chi connectivity index (χ2v) is 5.55. The molecule has 0 unspecified atom stereocenters. The summed E-state index contributed by atoms with van der Waals surface area (Å²) in [5, 5.41) is 10.2. The van der Waals surface area contributed by atoms with Crippen LogP contribution in [-0.2, 0) is 0 Å². The number of aliphatic imine (C=N–C) groups is 1. The Morgan fingerprint density at radius 2 is 1.94 bits per heavy atom. The highest BCUT2D eigenvalue weighted by atomic mass is 16.3. The molecule has 2 nitrogen and oxygen atoms in total. The van der Waals surface area contributed by atoms with Gasteiger partial charge in [0.25, 0.3) is 0 Å². The van der Waals surface area contributed by atoms with Crippen molar-refractivity contribution in [3.8, 4) is 5.75 Å². The molecule has 0 bridgehead atoms. The highest BCUT2D eigenvalue weighted by Crippen LogP contribution is 2.34. The largest absolute Gasteiger partial charge is 0.505 e. The first-order valence-corrected chi connectivity index (χ1v) is 7.04. The SMILES string of the molecule is CC(C)c1cccc(N=CC2CCCCC2)c1O. The molecule has 0 spiro atoms. The van der Waals surface area contributed by atoms with E-state index in [9.17, 15) is 5.11 Å². The molecule has 1 N–H and O–H groups in total. The number of aromatic hydroxyl groups is 1. The molecule has 1 saturated carbocycles. The van der Waals surface area contributed by atoms with Gasteiger partial charge in [0.1, 0.15) is 11.4 Å². The summed E-state index contributed by atoms with van der Waals surface area (Å²) in [6.45, 7) is 4.17. The molecule has 2 rings (SSSR count). The maximum absolute atomic E-state index is 10.2. The van der Waals surface area contributed by atoms with Gasteiger partial charge in [0.2, 0.25) is 0 Å². The van der Waals surface area contributed by atoms with Gasteiger partial charge in [0.15, 0.2) is 0 Å². The van der Waals surface area contributed by atoms with Crippen LogP contribution in [0.15, 0.2) is 23.2 Å². The average molecular weight is 245 g/mol. The fourth-order valence-corrected chi connectivity index (χ4v) is 2.59. The molecule has 0 amide bonds. The van der Waals surface area contributed by atoms with Gasteiger partial charge in [-0.25, -0.2) is 0 Å². The number of phenols is 1. The molecule has 1 aliphatic rings. The lowest BCUT2D eigenvalue weighted by Gasteiger charge is -2.17. The third-order valence-corrected chi connectivity index (χ3v) is 3.74. The minimum atomic E-state index is 0.329. The summed E-state index contributed by atoms with van der Waals surface area (Å²) < 4.78 is 0. The van der Waals surface area contributed by atoms with Crippen molar-refractivity contribution >= 4 is 11.9 Å². The fourth-order valence-electron chi connectivity index (χ4n) is 2.59. The van der Waals surface area contributed by atoms with Gasteiger partial charge >= 0.3 is 0 Å². The summed E-state index contributed by atoms with van der Waals surface area (Å²) in [7, 11) is 0. The van der Waals surface area contributed by atoms with Gasteiger partial charge < -0.3 is 5.11 Å². The number of nitrogens with zero attached hydrogens (tertiary/aromatic N) is 1. The zero-order chi connectivity index (χ0) is 13.0. The van der Waals surface area contributed by atoms with Gasteiger partial charge in [0.05, 0.1) is 0 Å². The number of hydrogen-bond acceptors (Lipinski definition) is 2. The van der Waals surface area contributed by atoms with Crippen LogP contribution in [0, 0.1) is 5.92 Å². The Morgan fingerprint density at radius 1 is 1.22 bits per heavy atom. The number of para-hydroxylation sites is 1. The highest BCUT2D eigenvalue weighted by Gasteiger charge is 2.12. The van der Waals surface area contributed by atoms with Crippen LogP contribution in [0.4, 0.5) is 5.69 Å². The van der Waals surface area contributed by atoms with E-state index in [-0.39, 0.29) is 0 Å². The van der Waals surface area contributed by atoms with Gasteiger partial charge in [-0.3, -0.25) is 4.99 Å². The van der Waals surface area contributed by atoms with Gasteiger partial charge in [-0.15, -0.1) is 0 Å². The minimum absolute atomic E-state index is 0.329. The predicted molar refractivity (Wildman–Crippen MR) is 76.9 cm³/mol. The van der Waals surface area contributed by atoms with Crippen molar-refractivity contribution in [3.05, 3.63) is 23.8 Å². The number of phenolic OH excluding ortho intramolecular Hbond substituents is 1. The van der Waals surface area contributed by atoms with Crippen molar-refractivity contribution in [2.24, 2.45) is 10.9 Å². The standard InChI is InChI=1S/C16H23NO/c1-12(2)14-9-6-10-15(16(14)18)17-11-13-7-4-3-5-8-13/h6,9-13,18H,3-5,7-8H2,1-2H3. The third-order valence-electron chi connectivity index (χ3n) is 3.74. The van der Waals surface area contributed by atoms with Crippen molar-refractivity contribution in [3.63, 3.8) is 0 Å².